The number of hydrogen-bond acceptors (Lipinski definition) is 4. The maximum absolute atomic E-state index is 12.2. The number of hydrogen-bond donors (Lipinski definition) is 3. The van der Waals surface area contributed by atoms with E-state index in [4.69, 9.17) is 0 Å². The lowest BCUT2D eigenvalue weighted by molar-refractivity contribution is 0.600. The summed E-state index contributed by atoms with van der Waals surface area (Å²) in [7, 11) is -3.74. The predicted molar refractivity (Wildman–Crippen MR) is 81.7 cm³/mol. The third-order valence-corrected chi connectivity index (χ3v) is 4.54. The SMILES string of the molecule is O=c1[nH]c2ccc(NS(=O)(=O)c3cncc(Br)c3)cc2[nH]1. The minimum atomic E-state index is -3.74. The van der Waals surface area contributed by atoms with Gasteiger partial charge in [0, 0.05) is 16.9 Å². The number of nitrogens with one attached hydrogen (secondary N) is 3. The number of aromatic amines is 2. The van der Waals surface area contributed by atoms with Gasteiger partial charge in [0.15, 0.2) is 0 Å². The van der Waals surface area contributed by atoms with E-state index in [1.165, 1.54) is 24.5 Å². The Morgan fingerprint density at radius 1 is 1.10 bits per heavy atom. The van der Waals surface area contributed by atoms with Gasteiger partial charge in [0.25, 0.3) is 10.0 Å². The molecule has 0 radical (unpaired) electrons. The summed E-state index contributed by atoms with van der Waals surface area (Å²) < 4.78 is 27.5. The molecule has 7 nitrogen and oxygen atoms in total. The van der Waals surface area contributed by atoms with Crippen molar-refractivity contribution in [2.75, 3.05) is 4.72 Å². The van der Waals surface area contributed by atoms with Gasteiger partial charge in [0.1, 0.15) is 4.90 Å². The molecule has 0 saturated carbocycles. The fourth-order valence-corrected chi connectivity index (χ4v) is 3.40. The molecular weight excluding hydrogens is 360 g/mol. The van der Waals surface area contributed by atoms with Crippen LogP contribution in [-0.4, -0.2) is 23.4 Å². The first-order valence-corrected chi connectivity index (χ1v) is 8.07. The Labute approximate surface area is 127 Å². The second-order valence-corrected chi connectivity index (χ2v) is 6.88. The van der Waals surface area contributed by atoms with Gasteiger partial charge in [-0.25, -0.2) is 13.2 Å². The lowest BCUT2D eigenvalue weighted by Gasteiger charge is -2.08. The highest BCUT2D eigenvalue weighted by atomic mass is 79.9. The number of H-pyrrole nitrogens is 2. The number of anilines is 1. The molecule has 0 fully saturated rings. The molecule has 2 heterocycles. The number of aromatic nitrogens is 3. The van der Waals surface area contributed by atoms with Crippen molar-refractivity contribution >= 4 is 42.7 Å². The van der Waals surface area contributed by atoms with E-state index in [1.54, 1.807) is 12.1 Å². The van der Waals surface area contributed by atoms with Gasteiger partial charge in [-0.3, -0.25) is 9.71 Å². The van der Waals surface area contributed by atoms with E-state index in [-0.39, 0.29) is 10.6 Å². The van der Waals surface area contributed by atoms with Gasteiger partial charge < -0.3 is 9.97 Å². The van der Waals surface area contributed by atoms with Crippen LogP contribution in [0.5, 0.6) is 0 Å². The van der Waals surface area contributed by atoms with Crippen molar-refractivity contribution in [1.29, 1.82) is 0 Å². The Morgan fingerprint density at radius 3 is 2.62 bits per heavy atom. The van der Waals surface area contributed by atoms with Crippen LogP contribution in [0.25, 0.3) is 11.0 Å². The van der Waals surface area contributed by atoms with E-state index in [2.05, 4.69) is 35.6 Å². The minimum absolute atomic E-state index is 0.0412. The van der Waals surface area contributed by atoms with Crippen LogP contribution in [0.3, 0.4) is 0 Å². The zero-order valence-electron chi connectivity index (χ0n) is 10.4. The van der Waals surface area contributed by atoms with Gasteiger partial charge in [-0.2, -0.15) is 0 Å². The smallest absolute Gasteiger partial charge is 0.306 e. The molecule has 1 aromatic carbocycles. The van der Waals surface area contributed by atoms with Crippen molar-refractivity contribution < 1.29 is 8.42 Å². The second-order valence-electron chi connectivity index (χ2n) is 4.28. The largest absolute Gasteiger partial charge is 0.323 e. The molecule has 3 aromatic rings. The molecule has 0 saturated heterocycles. The Balaban J connectivity index is 1.98. The van der Waals surface area contributed by atoms with E-state index in [0.717, 1.165) is 0 Å². The van der Waals surface area contributed by atoms with E-state index in [9.17, 15) is 13.2 Å². The van der Waals surface area contributed by atoms with Crippen molar-refractivity contribution in [3.8, 4) is 0 Å². The van der Waals surface area contributed by atoms with Crippen LogP contribution >= 0.6 is 15.9 Å². The molecule has 0 spiro atoms. The lowest BCUT2D eigenvalue weighted by atomic mass is 10.3. The summed E-state index contributed by atoms with van der Waals surface area (Å²) in [4.78, 5) is 20.2. The van der Waals surface area contributed by atoms with Crippen LogP contribution in [0.2, 0.25) is 0 Å². The Morgan fingerprint density at radius 2 is 1.86 bits per heavy atom. The second kappa shape index (κ2) is 5.01. The number of rotatable bonds is 3. The summed E-state index contributed by atoms with van der Waals surface area (Å²) in [6.07, 6.45) is 2.75. The van der Waals surface area contributed by atoms with Crippen LogP contribution in [0.15, 0.2) is 50.8 Å². The van der Waals surface area contributed by atoms with Crippen molar-refractivity contribution in [2.24, 2.45) is 0 Å². The molecule has 3 rings (SSSR count). The number of pyridine rings is 1. The molecule has 0 unspecified atom stereocenters. The molecule has 2 aromatic heterocycles. The maximum Gasteiger partial charge on any atom is 0.323 e. The molecule has 0 aliphatic rings. The number of benzene rings is 1. The third-order valence-electron chi connectivity index (χ3n) is 2.76. The minimum Gasteiger partial charge on any atom is -0.306 e. The van der Waals surface area contributed by atoms with Crippen LogP contribution in [0, 0.1) is 0 Å². The Bertz CT molecular complexity index is 977. The van der Waals surface area contributed by atoms with Crippen LogP contribution in [0.1, 0.15) is 0 Å². The lowest BCUT2D eigenvalue weighted by Crippen LogP contribution is -2.13. The van der Waals surface area contributed by atoms with Gasteiger partial charge in [-0.05, 0) is 40.2 Å². The van der Waals surface area contributed by atoms with Gasteiger partial charge >= 0.3 is 5.69 Å². The quantitative estimate of drug-likeness (QED) is 0.654. The van der Waals surface area contributed by atoms with Crippen molar-refractivity contribution in [2.45, 2.75) is 4.90 Å². The van der Waals surface area contributed by atoms with E-state index in [0.29, 0.717) is 21.2 Å². The fourth-order valence-electron chi connectivity index (χ4n) is 1.85. The molecule has 21 heavy (non-hydrogen) atoms. The molecule has 0 atom stereocenters. The summed E-state index contributed by atoms with van der Waals surface area (Å²) in [5.41, 5.74) is 1.12. The molecule has 3 N–H and O–H groups in total. The van der Waals surface area contributed by atoms with E-state index >= 15 is 0 Å². The molecule has 9 heteroatoms. The van der Waals surface area contributed by atoms with Crippen molar-refractivity contribution in [3.63, 3.8) is 0 Å². The first-order chi connectivity index (χ1) is 9.94. The fraction of sp³-hybridized carbons (Fsp3) is 0. The summed E-state index contributed by atoms with van der Waals surface area (Å²) in [5, 5.41) is 0. The monoisotopic (exact) mass is 368 g/mol. The summed E-state index contributed by atoms with van der Waals surface area (Å²) >= 11 is 3.18. The predicted octanol–water partition coefficient (Wildman–Crippen LogP) is 1.81. The number of sulfonamides is 1. The van der Waals surface area contributed by atoms with Gasteiger partial charge in [-0.1, -0.05) is 0 Å². The molecule has 0 amide bonds. The van der Waals surface area contributed by atoms with E-state index < -0.39 is 10.0 Å². The standard InChI is InChI=1S/C12H9BrN4O3S/c13-7-3-9(6-14-5-7)21(19,20)17-8-1-2-10-11(4-8)16-12(18)15-10/h1-6,17H,(H2,15,16,18). The summed E-state index contributed by atoms with van der Waals surface area (Å²) in [6.45, 7) is 0. The van der Waals surface area contributed by atoms with Gasteiger partial charge in [0.2, 0.25) is 0 Å². The first kappa shape index (κ1) is 13.8. The zero-order chi connectivity index (χ0) is 15.0. The molecular formula is C12H9BrN4O3S. The maximum atomic E-state index is 12.2. The number of halogens is 1. The van der Waals surface area contributed by atoms with Crippen LogP contribution in [0.4, 0.5) is 5.69 Å². The number of imidazole rings is 1. The molecule has 0 aliphatic carbocycles. The molecule has 0 aliphatic heterocycles. The number of fused-ring (bicyclic) bond motifs is 1. The first-order valence-electron chi connectivity index (χ1n) is 5.79. The van der Waals surface area contributed by atoms with Crippen molar-refractivity contribution in [1.82, 2.24) is 15.0 Å². The third kappa shape index (κ3) is 2.83. The average molecular weight is 369 g/mol. The molecule has 0 bridgehead atoms. The molecule has 108 valence electrons. The topological polar surface area (TPSA) is 108 Å². The average Bonchev–Trinajstić information content (AvgIpc) is 2.77. The zero-order valence-corrected chi connectivity index (χ0v) is 12.8. The number of nitrogens with zero attached hydrogens (tertiary/aromatic N) is 1. The highest BCUT2D eigenvalue weighted by Crippen LogP contribution is 2.20. The Hall–Kier alpha value is -2.13. The van der Waals surface area contributed by atoms with Gasteiger partial charge in [-0.15, -0.1) is 0 Å². The highest BCUT2D eigenvalue weighted by Gasteiger charge is 2.15. The van der Waals surface area contributed by atoms with E-state index in [1.807, 2.05) is 0 Å². The highest BCUT2D eigenvalue weighted by molar-refractivity contribution is 9.10. The Kier molecular flexibility index (Phi) is 3.30. The van der Waals surface area contributed by atoms with Crippen LogP contribution in [-0.2, 0) is 10.0 Å². The summed E-state index contributed by atoms with van der Waals surface area (Å²) in [5.74, 6) is 0. The summed E-state index contributed by atoms with van der Waals surface area (Å²) in [6, 6.07) is 6.17. The van der Waals surface area contributed by atoms with Crippen LogP contribution < -0.4 is 10.4 Å². The van der Waals surface area contributed by atoms with Crippen molar-refractivity contribution in [3.05, 3.63) is 51.6 Å². The normalized spacial score (nSPS) is 11.7. The van der Waals surface area contributed by atoms with Gasteiger partial charge in [0.05, 0.1) is 16.7 Å².